The Morgan fingerprint density at radius 3 is 2.89 bits per heavy atom. The number of imidazole rings is 1. The van der Waals surface area contributed by atoms with Crippen molar-refractivity contribution in [1.82, 2.24) is 9.55 Å². The Balaban J connectivity index is 2.15. The SMILES string of the molecule is CCC1CC1n1c(CCCl)nc2cc(Cl)c(F)cc21. The van der Waals surface area contributed by atoms with Crippen molar-refractivity contribution in [3.05, 3.63) is 28.8 Å². The molecule has 0 saturated heterocycles. The summed E-state index contributed by atoms with van der Waals surface area (Å²) >= 11 is 11.7. The predicted molar refractivity (Wildman–Crippen MR) is 76.6 cm³/mol. The van der Waals surface area contributed by atoms with Gasteiger partial charge in [-0.05, 0) is 18.4 Å². The summed E-state index contributed by atoms with van der Waals surface area (Å²) in [5.41, 5.74) is 1.59. The van der Waals surface area contributed by atoms with E-state index in [0.717, 1.165) is 29.7 Å². The second-order valence-corrected chi connectivity index (χ2v) is 5.85. The van der Waals surface area contributed by atoms with Gasteiger partial charge in [-0.3, -0.25) is 0 Å². The third kappa shape index (κ3) is 2.23. The van der Waals surface area contributed by atoms with Gasteiger partial charge >= 0.3 is 0 Å². The highest BCUT2D eigenvalue weighted by molar-refractivity contribution is 6.31. The first-order chi connectivity index (χ1) is 9.15. The monoisotopic (exact) mass is 300 g/mol. The zero-order valence-electron chi connectivity index (χ0n) is 10.7. The average Bonchev–Trinajstić information content (AvgIpc) is 3.08. The molecule has 2 nitrogen and oxygen atoms in total. The predicted octanol–water partition coefficient (Wildman–Crippen LogP) is 4.58. The Morgan fingerprint density at radius 1 is 1.47 bits per heavy atom. The normalized spacial score (nSPS) is 22.1. The highest BCUT2D eigenvalue weighted by Crippen LogP contribution is 2.47. The number of hydrogen-bond donors (Lipinski definition) is 0. The van der Waals surface area contributed by atoms with Gasteiger partial charge in [0.05, 0.1) is 16.1 Å². The molecule has 19 heavy (non-hydrogen) atoms. The van der Waals surface area contributed by atoms with E-state index >= 15 is 0 Å². The first-order valence-corrected chi connectivity index (χ1v) is 7.48. The molecular formula is C14H15Cl2FN2. The van der Waals surface area contributed by atoms with Crippen LogP contribution in [-0.2, 0) is 6.42 Å². The summed E-state index contributed by atoms with van der Waals surface area (Å²) in [6.45, 7) is 2.18. The summed E-state index contributed by atoms with van der Waals surface area (Å²) in [5.74, 6) is 1.74. The van der Waals surface area contributed by atoms with E-state index in [-0.39, 0.29) is 10.8 Å². The number of aromatic nitrogens is 2. The molecule has 2 aromatic rings. The molecule has 0 amide bonds. The summed E-state index contributed by atoms with van der Waals surface area (Å²) < 4.78 is 15.8. The minimum Gasteiger partial charge on any atom is -0.324 e. The van der Waals surface area contributed by atoms with Crippen LogP contribution in [0.25, 0.3) is 11.0 Å². The highest BCUT2D eigenvalue weighted by atomic mass is 35.5. The quantitative estimate of drug-likeness (QED) is 0.756. The number of aryl methyl sites for hydroxylation is 1. The zero-order valence-corrected chi connectivity index (χ0v) is 12.2. The summed E-state index contributed by atoms with van der Waals surface area (Å²) in [4.78, 5) is 4.56. The summed E-state index contributed by atoms with van der Waals surface area (Å²) in [5, 5.41) is 0.123. The lowest BCUT2D eigenvalue weighted by Gasteiger charge is -2.08. The fourth-order valence-electron chi connectivity index (χ4n) is 2.76. The summed E-state index contributed by atoms with van der Waals surface area (Å²) in [6, 6.07) is 3.53. The molecule has 2 unspecified atom stereocenters. The first kappa shape index (κ1) is 13.2. The first-order valence-electron chi connectivity index (χ1n) is 6.57. The van der Waals surface area contributed by atoms with Crippen molar-refractivity contribution in [3.8, 4) is 0 Å². The fourth-order valence-corrected chi connectivity index (χ4v) is 3.08. The molecule has 5 heteroatoms. The third-order valence-corrected chi connectivity index (χ3v) is 4.34. The van der Waals surface area contributed by atoms with Crippen molar-refractivity contribution in [2.75, 3.05) is 5.88 Å². The third-order valence-electron chi connectivity index (χ3n) is 3.86. The molecule has 102 valence electrons. The lowest BCUT2D eigenvalue weighted by atomic mass is 10.3. The van der Waals surface area contributed by atoms with E-state index in [0.29, 0.717) is 24.3 Å². The number of halogens is 3. The molecule has 1 aromatic carbocycles. The van der Waals surface area contributed by atoms with E-state index in [2.05, 4.69) is 16.5 Å². The molecule has 0 spiro atoms. The molecule has 0 bridgehead atoms. The van der Waals surface area contributed by atoms with Crippen LogP contribution in [0.4, 0.5) is 4.39 Å². The van der Waals surface area contributed by atoms with Crippen LogP contribution in [-0.4, -0.2) is 15.4 Å². The molecule has 1 aliphatic carbocycles. The molecule has 1 saturated carbocycles. The minimum atomic E-state index is -0.388. The van der Waals surface area contributed by atoms with Crippen molar-refractivity contribution < 1.29 is 4.39 Å². The Bertz CT molecular complexity index is 623. The van der Waals surface area contributed by atoms with E-state index in [9.17, 15) is 4.39 Å². The van der Waals surface area contributed by atoms with E-state index in [4.69, 9.17) is 23.2 Å². The number of alkyl halides is 1. The van der Waals surface area contributed by atoms with Crippen molar-refractivity contribution in [1.29, 1.82) is 0 Å². The lowest BCUT2D eigenvalue weighted by molar-refractivity contribution is 0.617. The molecule has 3 rings (SSSR count). The lowest BCUT2D eigenvalue weighted by Crippen LogP contribution is -2.04. The van der Waals surface area contributed by atoms with Gasteiger partial charge in [-0.2, -0.15) is 0 Å². The Hall–Kier alpha value is -0.800. The maximum atomic E-state index is 13.7. The Morgan fingerprint density at radius 2 is 2.26 bits per heavy atom. The number of benzene rings is 1. The maximum Gasteiger partial charge on any atom is 0.144 e. The van der Waals surface area contributed by atoms with Crippen LogP contribution < -0.4 is 0 Å². The maximum absolute atomic E-state index is 13.7. The molecule has 2 atom stereocenters. The van der Waals surface area contributed by atoms with Crippen LogP contribution in [0.15, 0.2) is 12.1 Å². The van der Waals surface area contributed by atoms with Gasteiger partial charge in [-0.25, -0.2) is 9.37 Å². The van der Waals surface area contributed by atoms with Gasteiger partial charge in [0.25, 0.3) is 0 Å². The molecule has 1 fully saturated rings. The van der Waals surface area contributed by atoms with Crippen molar-refractivity contribution in [2.45, 2.75) is 32.2 Å². The van der Waals surface area contributed by atoms with E-state index in [1.807, 2.05) is 0 Å². The average molecular weight is 301 g/mol. The second-order valence-electron chi connectivity index (χ2n) is 5.06. The van der Waals surface area contributed by atoms with Gasteiger partial charge in [-0.15, -0.1) is 11.6 Å². The Labute approximate surface area is 121 Å². The van der Waals surface area contributed by atoms with E-state index in [1.165, 1.54) is 6.07 Å². The topological polar surface area (TPSA) is 17.8 Å². The zero-order chi connectivity index (χ0) is 13.6. The molecule has 1 heterocycles. The largest absolute Gasteiger partial charge is 0.324 e. The van der Waals surface area contributed by atoms with E-state index in [1.54, 1.807) is 6.07 Å². The second kappa shape index (κ2) is 4.95. The van der Waals surface area contributed by atoms with Crippen LogP contribution in [0, 0.1) is 11.7 Å². The number of nitrogens with zero attached hydrogens (tertiary/aromatic N) is 2. The van der Waals surface area contributed by atoms with Crippen molar-refractivity contribution in [2.24, 2.45) is 5.92 Å². The van der Waals surface area contributed by atoms with Crippen LogP contribution in [0.2, 0.25) is 5.02 Å². The molecule has 0 radical (unpaired) electrons. The van der Waals surface area contributed by atoms with Crippen molar-refractivity contribution >= 4 is 34.2 Å². The number of rotatable bonds is 4. The van der Waals surface area contributed by atoms with Crippen LogP contribution in [0.3, 0.4) is 0 Å². The van der Waals surface area contributed by atoms with Gasteiger partial charge in [0.15, 0.2) is 0 Å². The van der Waals surface area contributed by atoms with Gasteiger partial charge in [-0.1, -0.05) is 24.9 Å². The number of fused-ring (bicyclic) bond motifs is 1. The molecule has 1 aromatic heterocycles. The smallest absolute Gasteiger partial charge is 0.144 e. The fraction of sp³-hybridized carbons (Fsp3) is 0.500. The molecular weight excluding hydrogens is 286 g/mol. The number of hydrogen-bond acceptors (Lipinski definition) is 1. The van der Waals surface area contributed by atoms with Crippen LogP contribution in [0.5, 0.6) is 0 Å². The van der Waals surface area contributed by atoms with Crippen LogP contribution in [0.1, 0.15) is 31.6 Å². The standard InChI is InChI=1S/C14H15Cl2FN2/c1-2-8-5-12(8)19-13-7-10(17)9(16)6-11(13)18-14(19)3-4-15/h6-8,12H,2-5H2,1H3. The van der Waals surface area contributed by atoms with Gasteiger partial charge in [0.2, 0.25) is 0 Å². The van der Waals surface area contributed by atoms with E-state index < -0.39 is 0 Å². The van der Waals surface area contributed by atoms with Gasteiger partial charge in [0, 0.05) is 24.4 Å². The van der Waals surface area contributed by atoms with Gasteiger partial charge < -0.3 is 4.57 Å². The van der Waals surface area contributed by atoms with Crippen LogP contribution >= 0.6 is 23.2 Å². The minimum absolute atomic E-state index is 0.123. The highest BCUT2D eigenvalue weighted by Gasteiger charge is 2.39. The Kier molecular flexibility index (Phi) is 3.44. The molecule has 1 aliphatic rings. The summed E-state index contributed by atoms with van der Waals surface area (Å²) in [7, 11) is 0. The van der Waals surface area contributed by atoms with Gasteiger partial charge in [0.1, 0.15) is 11.6 Å². The molecule has 0 aliphatic heterocycles. The van der Waals surface area contributed by atoms with Crippen molar-refractivity contribution in [3.63, 3.8) is 0 Å². The molecule has 0 N–H and O–H groups in total. The summed E-state index contributed by atoms with van der Waals surface area (Å²) in [6.07, 6.45) is 2.98.